The lowest BCUT2D eigenvalue weighted by atomic mass is 9.55. The Labute approximate surface area is 108 Å². The molecule has 0 aliphatic rings. The van der Waals surface area contributed by atoms with E-state index in [9.17, 15) is 5.02 Å². The smallest absolute Gasteiger partial charge is 0.359 e. The minimum absolute atomic E-state index is 0.538. The summed E-state index contributed by atoms with van der Waals surface area (Å²) in [6.45, 7) is 2.59. The zero-order chi connectivity index (χ0) is 12.8. The van der Waals surface area contributed by atoms with Crippen molar-refractivity contribution in [2.45, 2.75) is 13.5 Å². The van der Waals surface area contributed by atoms with E-state index in [1.807, 2.05) is 61.5 Å². The van der Waals surface area contributed by atoms with E-state index in [1.165, 1.54) is 0 Å². The minimum atomic E-state index is -0.595. The van der Waals surface area contributed by atoms with Gasteiger partial charge in [-0.05, 0) is 23.4 Å². The molecule has 0 aliphatic carbocycles. The van der Waals surface area contributed by atoms with Gasteiger partial charge < -0.3 is 9.76 Å². The van der Waals surface area contributed by atoms with Gasteiger partial charge in [0.15, 0.2) is 0 Å². The van der Waals surface area contributed by atoms with Crippen LogP contribution in [-0.2, 0) is 11.3 Å². The molecule has 0 bridgehead atoms. The molecule has 0 saturated carbocycles. The van der Waals surface area contributed by atoms with Gasteiger partial charge in [0.25, 0.3) is 0 Å². The van der Waals surface area contributed by atoms with Crippen LogP contribution in [0.5, 0.6) is 0 Å². The monoisotopic (exact) mass is 240 g/mol. The van der Waals surface area contributed by atoms with Crippen molar-refractivity contribution >= 4 is 17.8 Å². The van der Waals surface area contributed by atoms with Crippen molar-refractivity contribution < 1.29 is 9.76 Å². The second kappa shape index (κ2) is 6.38. The van der Waals surface area contributed by atoms with Crippen LogP contribution in [0.4, 0.5) is 0 Å². The third-order valence-electron chi connectivity index (χ3n) is 2.93. The number of hydrogen-bond donors (Lipinski definition) is 1. The van der Waals surface area contributed by atoms with Gasteiger partial charge in [-0.2, -0.15) is 0 Å². The van der Waals surface area contributed by atoms with Crippen molar-refractivity contribution in [1.82, 2.24) is 0 Å². The molecule has 1 N–H and O–H groups in total. The fourth-order valence-corrected chi connectivity index (χ4v) is 1.96. The van der Waals surface area contributed by atoms with Gasteiger partial charge in [-0.25, -0.2) is 0 Å². The highest BCUT2D eigenvalue weighted by Gasteiger charge is 2.19. The van der Waals surface area contributed by atoms with Gasteiger partial charge in [-0.3, -0.25) is 0 Å². The number of ether oxygens (including phenoxy) is 1. The molecule has 2 rings (SSSR count). The second-order valence-electron chi connectivity index (χ2n) is 4.15. The first-order valence-electron chi connectivity index (χ1n) is 6.21. The molecule has 0 spiro atoms. The molecule has 2 nitrogen and oxygen atoms in total. The Bertz CT molecular complexity index is 485. The first-order chi connectivity index (χ1) is 8.83. The average molecular weight is 240 g/mol. The van der Waals surface area contributed by atoms with E-state index in [4.69, 9.17) is 4.74 Å². The Morgan fingerprint density at radius 2 is 1.67 bits per heavy atom. The SMILES string of the molecule is CCOCc1ccccc1B(O)c1ccccc1. The normalized spacial score (nSPS) is 10.3. The van der Waals surface area contributed by atoms with Gasteiger partial charge in [0, 0.05) is 6.61 Å². The molecule has 0 radical (unpaired) electrons. The molecule has 0 aromatic heterocycles. The zero-order valence-electron chi connectivity index (χ0n) is 10.5. The topological polar surface area (TPSA) is 29.5 Å². The molecule has 0 atom stereocenters. The third-order valence-corrected chi connectivity index (χ3v) is 2.93. The molecule has 2 aromatic rings. The molecule has 0 amide bonds. The maximum absolute atomic E-state index is 10.4. The number of rotatable bonds is 5. The molecule has 0 heterocycles. The molecular formula is C15H17BO2. The Kier molecular flexibility index (Phi) is 4.56. The highest BCUT2D eigenvalue weighted by atomic mass is 16.5. The molecule has 92 valence electrons. The lowest BCUT2D eigenvalue weighted by Gasteiger charge is -2.12. The third kappa shape index (κ3) is 3.00. The van der Waals surface area contributed by atoms with Gasteiger partial charge in [0.1, 0.15) is 0 Å². The van der Waals surface area contributed by atoms with Gasteiger partial charge in [0.2, 0.25) is 0 Å². The largest absolute Gasteiger partial charge is 0.443 e. The van der Waals surface area contributed by atoms with E-state index < -0.39 is 6.92 Å². The Morgan fingerprint density at radius 1 is 1.00 bits per heavy atom. The molecule has 0 unspecified atom stereocenters. The van der Waals surface area contributed by atoms with Crippen LogP contribution in [0.3, 0.4) is 0 Å². The predicted molar refractivity (Wildman–Crippen MR) is 75.5 cm³/mol. The molecule has 18 heavy (non-hydrogen) atoms. The van der Waals surface area contributed by atoms with Crippen LogP contribution in [0.25, 0.3) is 0 Å². The average Bonchev–Trinajstić information content (AvgIpc) is 2.45. The number of hydrogen-bond acceptors (Lipinski definition) is 2. The van der Waals surface area contributed by atoms with E-state index in [2.05, 4.69) is 0 Å². The summed E-state index contributed by atoms with van der Waals surface area (Å²) in [5.41, 5.74) is 2.86. The summed E-state index contributed by atoms with van der Waals surface area (Å²) in [6, 6.07) is 17.5. The Hall–Kier alpha value is -1.58. The van der Waals surface area contributed by atoms with Crippen molar-refractivity contribution in [2.24, 2.45) is 0 Å². The first-order valence-corrected chi connectivity index (χ1v) is 6.21. The Balaban J connectivity index is 2.27. The first kappa shape index (κ1) is 12.9. The lowest BCUT2D eigenvalue weighted by molar-refractivity contribution is 0.134. The van der Waals surface area contributed by atoms with Crippen molar-refractivity contribution in [3.8, 4) is 0 Å². The Morgan fingerprint density at radius 3 is 2.39 bits per heavy atom. The van der Waals surface area contributed by atoms with Crippen LogP contribution in [0.15, 0.2) is 54.6 Å². The summed E-state index contributed by atoms with van der Waals surface area (Å²) in [6.07, 6.45) is 0. The van der Waals surface area contributed by atoms with Crippen molar-refractivity contribution in [1.29, 1.82) is 0 Å². The van der Waals surface area contributed by atoms with Crippen LogP contribution < -0.4 is 10.9 Å². The maximum atomic E-state index is 10.4. The molecule has 0 fully saturated rings. The van der Waals surface area contributed by atoms with E-state index in [1.54, 1.807) is 0 Å². The zero-order valence-corrected chi connectivity index (χ0v) is 10.5. The van der Waals surface area contributed by atoms with Crippen LogP contribution in [0.2, 0.25) is 0 Å². The van der Waals surface area contributed by atoms with Crippen LogP contribution in [0.1, 0.15) is 12.5 Å². The van der Waals surface area contributed by atoms with Crippen LogP contribution in [-0.4, -0.2) is 18.5 Å². The molecule has 2 aromatic carbocycles. The molecule has 3 heteroatoms. The highest BCUT2D eigenvalue weighted by molar-refractivity contribution is 6.79. The van der Waals surface area contributed by atoms with Crippen molar-refractivity contribution in [3.63, 3.8) is 0 Å². The van der Waals surface area contributed by atoms with E-state index >= 15 is 0 Å². The molecule has 0 aliphatic heterocycles. The molecule has 0 saturated heterocycles. The minimum Gasteiger partial charge on any atom is -0.443 e. The summed E-state index contributed by atoms with van der Waals surface area (Å²) < 4.78 is 5.44. The maximum Gasteiger partial charge on any atom is 0.359 e. The summed E-state index contributed by atoms with van der Waals surface area (Å²) in [5, 5.41) is 10.4. The fraction of sp³-hybridized carbons (Fsp3) is 0.200. The second-order valence-corrected chi connectivity index (χ2v) is 4.15. The lowest BCUT2D eigenvalue weighted by Crippen LogP contribution is -2.44. The number of benzene rings is 2. The van der Waals surface area contributed by atoms with Gasteiger partial charge in [-0.1, -0.05) is 54.6 Å². The summed E-state index contributed by atoms with van der Waals surface area (Å²) in [7, 11) is 0. The van der Waals surface area contributed by atoms with E-state index in [0.29, 0.717) is 13.2 Å². The summed E-state index contributed by atoms with van der Waals surface area (Å²) in [5.74, 6) is 0. The van der Waals surface area contributed by atoms with Crippen molar-refractivity contribution in [2.75, 3.05) is 6.61 Å². The fourth-order valence-electron chi connectivity index (χ4n) is 1.96. The van der Waals surface area contributed by atoms with Gasteiger partial charge >= 0.3 is 6.92 Å². The van der Waals surface area contributed by atoms with Crippen molar-refractivity contribution in [3.05, 3.63) is 60.2 Å². The molecular weight excluding hydrogens is 223 g/mol. The summed E-state index contributed by atoms with van der Waals surface area (Å²) >= 11 is 0. The van der Waals surface area contributed by atoms with E-state index in [-0.39, 0.29) is 0 Å². The quantitative estimate of drug-likeness (QED) is 0.799. The summed E-state index contributed by atoms with van der Waals surface area (Å²) in [4.78, 5) is 0. The van der Waals surface area contributed by atoms with E-state index in [0.717, 1.165) is 16.5 Å². The van der Waals surface area contributed by atoms with Gasteiger partial charge in [0.05, 0.1) is 6.61 Å². The predicted octanol–water partition coefficient (Wildman–Crippen LogP) is 1.32. The highest BCUT2D eigenvalue weighted by Crippen LogP contribution is 2.01. The standard InChI is InChI=1S/C15H17BO2/c1-2-18-12-13-8-6-7-11-15(13)16(17)14-9-4-3-5-10-14/h3-11,17H,2,12H2,1H3. The van der Waals surface area contributed by atoms with Crippen LogP contribution in [0, 0.1) is 0 Å². The van der Waals surface area contributed by atoms with Crippen LogP contribution >= 0.6 is 0 Å². The van der Waals surface area contributed by atoms with Gasteiger partial charge in [-0.15, -0.1) is 0 Å².